The van der Waals surface area contributed by atoms with E-state index in [0.717, 1.165) is 0 Å². The van der Waals surface area contributed by atoms with E-state index in [1.165, 1.54) is 0 Å². The van der Waals surface area contributed by atoms with E-state index in [1.54, 1.807) is 6.08 Å². The molecule has 1 atom stereocenters. The van der Waals surface area contributed by atoms with E-state index in [2.05, 4.69) is 12.5 Å². The lowest BCUT2D eigenvalue weighted by Crippen LogP contribution is -1.77. The highest BCUT2D eigenvalue weighted by atomic mass is 31.1. The van der Waals surface area contributed by atoms with Crippen LogP contribution in [0.25, 0.3) is 0 Å². The topological polar surface area (TPSA) is 20.2 Å². The fraction of sp³-hybridized carbons (Fsp3) is 0.167. The Morgan fingerprint density at radius 1 is 1.50 bits per heavy atom. The molecule has 0 spiro atoms. The summed E-state index contributed by atoms with van der Waals surface area (Å²) in [6, 6.07) is 0. The zero-order valence-electron chi connectivity index (χ0n) is 4.76. The number of hydrogen-bond donors (Lipinski definition) is 1. The van der Waals surface area contributed by atoms with Crippen molar-refractivity contribution in [3.8, 4) is 0 Å². The summed E-state index contributed by atoms with van der Waals surface area (Å²) in [5.74, 6) is 2.06. The van der Waals surface area contributed by atoms with Crippen LogP contribution in [0.4, 0.5) is 0 Å². The van der Waals surface area contributed by atoms with E-state index >= 15 is 0 Å². The number of aliphatic hydroxyl groups is 1. The van der Waals surface area contributed by atoms with Crippen molar-refractivity contribution in [2.24, 2.45) is 0 Å². The molecule has 2 heteroatoms. The van der Waals surface area contributed by atoms with Crippen LogP contribution in [-0.4, -0.2) is 17.6 Å². The summed E-state index contributed by atoms with van der Waals surface area (Å²) in [6.45, 7) is 2.06. The Morgan fingerprint density at radius 3 is 2.62 bits per heavy atom. The van der Waals surface area contributed by atoms with Gasteiger partial charge in [0.1, 0.15) is 5.50 Å². The maximum absolute atomic E-state index is 9.00. The molecule has 0 amide bonds. The third-order valence-electron chi connectivity index (χ3n) is 1.12. The first-order valence-corrected chi connectivity index (χ1v) is 4.63. The lowest BCUT2D eigenvalue weighted by atomic mass is 10.5. The van der Waals surface area contributed by atoms with Crippen LogP contribution >= 0.6 is 7.55 Å². The molecule has 0 aromatic rings. The van der Waals surface area contributed by atoms with Crippen LogP contribution in [0.1, 0.15) is 0 Å². The van der Waals surface area contributed by atoms with E-state index in [0.29, 0.717) is 5.50 Å². The zero-order valence-corrected chi connectivity index (χ0v) is 5.76. The first kappa shape index (κ1) is 5.71. The van der Waals surface area contributed by atoms with Crippen molar-refractivity contribution in [3.63, 3.8) is 0 Å². The van der Waals surface area contributed by atoms with Crippen molar-refractivity contribution in [1.82, 2.24) is 0 Å². The highest BCUT2D eigenvalue weighted by molar-refractivity contribution is 7.60. The Morgan fingerprint density at radius 2 is 2.25 bits per heavy atom. The Hall–Kier alpha value is -0.420. The summed E-state index contributed by atoms with van der Waals surface area (Å²) >= 11 is 0. The van der Waals surface area contributed by atoms with Gasteiger partial charge in [-0.15, -0.1) is 0 Å². The summed E-state index contributed by atoms with van der Waals surface area (Å²) in [5.41, 5.74) is 0.553. The van der Waals surface area contributed by atoms with Gasteiger partial charge in [0.05, 0.1) is 0 Å². The van der Waals surface area contributed by atoms with Crippen LogP contribution in [0, 0.1) is 0 Å². The van der Waals surface area contributed by atoms with Gasteiger partial charge >= 0.3 is 0 Å². The number of aliphatic hydroxyl groups excluding tert-OH is 1. The fourth-order valence-electron chi connectivity index (χ4n) is 0.563. The predicted octanol–water partition coefficient (Wildman–Crippen LogP) is 1.60. The Kier molecular flexibility index (Phi) is 1.59. The van der Waals surface area contributed by atoms with Gasteiger partial charge in [-0.3, -0.25) is 0 Å². The lowest BCUT2D eigenvalue weighted by Gasteiger charge is -2.00. The number of hydrogen-bond acceptors (Lipinski definition) is 1. The minimum Gasteiger partial charge on any atom is -0.508 e. The molecule has 0 saturated carbocycles. The lowest BCUT2D eigenvalue weighted by molar-refractivity contribution is 0.454. The van der Waals surface area contributed by atoms with Crippen molar-refractivity contribution >= 4 is 13.3 Å². The van der Waals surface area contributed by atoms with Gasteiger partial charge in [0.25, 0.3) is 0 Å². The highest BCUT2D eigenvalue weighted by Gasteiger charge is 1.92. The standard InChI is InChI=1S/C6H9OP/c1-8-5-3-2-4-6(8)7/h2-5,7-8H,1H3. The SMILES string of the molecule is C[PH]1=CC=CC=C1O. The molecule has 1 N–H and O–H groups in total. The molecular formula is C6H9OP. The van der Waals surface area contributed by atoms with Crippen LogP contribution in [0.3, 0.4) is 0 Å². The van der Waals surface area contributed by atoms with E-state index < -0.39 is 7.55 Å². The minimum absolute atomic E-state index is 0.553. The summed E-state index contributed by atoms with van der Waals surface area (Å²) in [6.07, 6.45) is 5.59. The van der Waals surface area contributed by atoms with E-state index in [1.807, 2.05) is 12.2 Å². The van der Waals surface area contributed by atoms with Crippen LogP contribution in [0.15, 0.2) is 23.7 Å². The van der Waals surface area contributed by atoms with Gasteiger partial charge in [-0.05, 0) is 12.7 Å². The number of allylic oxidation sites excluding steroid dienone is 3. The third-order valence-corrected chi connectivity index (χ3v) is 2.78. The maximum atomic E-state index is 9.00. The van der Waals surface area contributed by atoms with Crippen molar-refractivity contribution in [1.29, 1.82) is 0 Å². The molecule has 0 radical (unpaired) electrons. The molecule has 1 unspecified atom stereocenters. The van der Waals surface area contributed by atoms with Crippen molar-refractivity contribution in [2.75, 3.05) is 6.66 Å². The fourth-order valence-corrected chi connectivity index (χ4v) is 1.49. The van der Waals surface area contributed by atoms with Crippen LogP contribution < -0.4 is 0 Å². The molecule has 1 nitrogen and oxygen atoms in total. The minimum atomic E-state index is -0.666. The van der Waals surface area contributed by atoms with E-state index in [4.69, 9.17) is 5.11 Å². The zero-order chi connectivity index (χ0) is 5.98. The molecular weight excluding hydrogens is 119 g/mol. The third kappa shape index (κ3) is 1.05. The molecule has 1 heterocycles. The van der Waals surface area contributed by atoms with Gasteiger partial charge in [0.2, 0.25) is 0 Å². The average Bonchev–Trinajstić information content (AvgIpc) is 1.77. The first-order chi connectivity index (χ1) is 3.80. The Bertz CT molecular complexity index is 157. The quantitative estimate of drug-likeness (QED) is 0.491. The summed E-state index contributed by atoms with van der Waals surface area (Å²) in [5, 5.41) is 9.00. The maximum Gasteiger partial charge on any atom is 0.110 e. The van der Waals surface area contributed by atoms with Crippen molar-refractivity contribution in [3.05, 3.63) is 23.7 Å². The normalized spacial score (nSPS) is 26.6. The Balaban J connectivity index is 2.93. The largest absolute Gasteiger partial charge is 0.508 e. The summed E-state index contributed by atoms with van der Waals surface area (Å²) in [4.78, 5) is 0. The molecule has 0 aromatic heterocycles. The highest BCUT2D eigenvalue weighted by Crippen LogP contribution is 2.27. The number of rotatable bonds is 0. The molecule has 8 heavy (non-hydrogen) atoms. The molecule has 0 aromatic carbocycles. The molecule has 0 saturated heterocycles. The Labute approximate surface area is 49.7 Å². The van der Waals surface area contributed by atoms with Crippen LogP contribution in [0.2, 0.25) is 0 Å². The van der Waals surface area contributed by atoms with Crippen LogP contribution in [-0.2, 0) is 0 Å². The van der Waals surface area contributed by atoms with Crippen molar-refractivity contribution in [2.45, 2.75) is 0 Å². The second-order valence-electron chi connectivity index (χ2n) is 1.79. The molecule has 1 rings (SSSR count). The molecule has 44 valence electrons. The summed E-state index contributed by atoms with van der Waals surface area (Å²) < 4.78 is 0. The van der Waals surface area contributed by atoms with Gasteiger partial charge in [-0.1, -0.05) is 25.5 Å². The van der Waals surface area contributed by atoms with Gasteiger partial charge in [0, 0.05) is 0 Å². The van der Waals surface area contributed by atoms with Crippen LogP contribution in [0.5, 0.6) is 0 Å². The first-order valence-electron chi connectivity index (χ1n) is 2.55. The van der Waals surface area contributed by atoms with E-state index in [-0.39, 0.29) is 0 Å². The summed E-state index contributed by atoms with van der Waals surface area (Å²) in [7, 11) is -0.666. The van der Waals surface area contributed by atoms with Gasteiger partial charge in [-0.25, -0.2) is 0 Å². The van der Waals surface area contributed by atoms with Gasteiger partial charge < -0.3 is 5.11 Å². The predicted molar refractivity (Wildman–Crippen MR) is 40.2 cm³/mol. The monoisotopic (exact) mass is 128 g/mol. The molecule has 1 aliphatic heterocycles. The average molecular weight is 128 g/mol. The smallest absolute Gasteiger partial charge is 0.110 e. The second kappa shape index (κ2) is 2.23. The van der Waals surface area contributed by atoms with Gasteiger partial charge in [0.15, 0.2) is 0 Å². The van der Waals surface area contributed by atoms with Crippen molar-refractivity contribution < 1.29 is 5.11 Å². The molecule has 1 aliphatic rings. The second-order valence-corrected chi connectivity index (χ2v) is 4.00. The van der Waals surface area contributed by atoms with Gasteiger partial charge in [-0.2, -0.15) is 0 Å². The molecule has 0 bridgehead atoms. The van der Waals surface area contributed by atoms with E-state index in [9.17, 15) is 0 Å². The molecule has 0 fully saturated rings. The molecule has 0 aliphatic carbocycles.